The summed E-state index contributed by atoms with van der Waals surface area (Å²) < 4.78 is 5.51. The van der Waals surface area contributed by atoms with Crippen LogP contribution in [-0.4, -0.2) is 23.5 Å². The maximum absolute atomic E-state index is 10.8. The number of hydrogen-bond donors (Lipinski definition) is 0. The normalized spacial score (nSPS) is 12.8. The Morgan fingerprint density at radius 2 is 2.00 bits per heavy atom. The van der Waals surface area contributed by atoms with E-state index < -0.39 is 18.1 Å². The van der Waals surface area contributed by atoms with Crippen LogP contribution in [0, 0.1) is 0 Å². The van der Waals surface area contributed by atoms with Gasteiger partial charge < -0.3 is 8.91 Å². The molecule has 0 aromatic rings. The molecule has 0 amide bonds. The zero-order valence-corrected chi connectivity index (χ0v) is 9.64. The first-order valence-electron chi connectivity index (χ1n) is 3.61. The molecule has 0 fully saturated rings. The smallest absolute Gasteiger partial charge is 0.222 e. The van der Waals surface area contributed by atoms with Crippen molar-refractivity contribution in [2.75, 3.05) is 0 Å². The average molecular weight is 176 g/mol. The molecule has 0 N–H and O–H groups in total. The summed E-state index contributed by atoms with van der Waals surface area (Å²) in [6.45, 7) is 8.23. The summed E-state index contributed by atoms with van der Waals surface area (Å²) in [4.78, 5) is 10.8. The minimum Gasteiger partial charge on any atom is -0.455 e. The second-order valence-electron chi connectivity index (χ2n) is 3.29. The standard InChI is InChI=1S/C6H16O2Si2/c1-5-6(7)9-8-10(2,3)4/h5,9H2,1-4H3. The van der Waals surface area contributed by atoms with E-state index >= 15 is 0 Å². The lowest BCUT2D eigenvalue weighted by Crippen LogP contribution is -2.30. The molecule has 0 aromatic carbocycles. The molecule has 10 heavy (non-hydrogen) atoms. The molecule has 0 atom stereocenters. The fourth-order valence-corrected chi connectivity index (χ4v) is 2.98. The van der Waals surface area contributed by atoms with Gasteiger partial charge in [-0.05, 0) is 19.6 Å². The molecule has 2 nitrogen and oxygen atoms in total. The summed E-state index contributed by atoms with van der Waals surface area (Å²) in [7, 11) is -2.24. The molecule has 0 spiro atoms. The summed E-state index contributed by atoms with van der Waals surface area (Å²) in [5, 5.41) is 0.336. The fourth-order valence-electron chi connectivity index (χ4n) is 0.399. The van der Waals surface area contributed by atoms with Gasteiger partial charge in [0.1, 0.15) is 5.41 Å². The molecular weight excluding hydrogens is 160 g/mol. The molecule has 4 heteroatoms. The predicted molar refractivity (Wildman–Crippen MR) is 48.3 cm³/mol. The Bertz CT molecular complexity index is 117. The molecule has 0 bridgehead atoms. The maximum Gasteiger partial charge on any atom is 0.222 e. The quantitative estimate of drug-likeness (QED) is 0.594. The van der Waals surface area contributed by atoms with Crippen LogP contribution >= 0.6 is 0 Å². The van der Waals surface area contributed by atoms with E-state index in [1.165, 1.54) is 0 Å². The Morgan fingerprint density at radius 1 is 1.50 bits per heavy atom. The van der Waals surface area contributed by atoms with Gasteiger partial charge in [0.2, 0.25) is 9.76 Å². The monoisotopic (exact) mass is 176 g/mol. The van der Waals surface area contributed by atoms with Crippen LogP contribution in [0.25, 0.3) is 0 Å². The summed E-state index contributed by atoms with van der Waals surface area (Å²) in [6, 6.07) is 0. The van der Waals surface area contributed by atoms with Crippen LogP contribution in [-0.2, 0) is 8.91 Å². The van der Waals surface area contributed by atoms with E-state index in [-0.39, 0.29) is 0 Å². The van der Waals surface area contributed by atoms with E-state index in [0.717, 1.165) is 0 Å². The Labute approximate surface area is 66.0 Å². The van der Waals surface area contributed by atoms with Gasteiger partial charge >= 0.3 is 0 Å². The van der Waals surface area contributed by atoms with Gasteiger partial charge in [0.05, 0.1) is 0 Å². The third-order valence-electron chi connectivity index (χ3n) is 1.06. The topological polar surface area (TPSA) is 26.3 Å². The van der Waals surface area contributed by atoms with Crippen molar-refractivity contribution >= 4 is 23.5 Å². The molecule has 0 saturated carbocycles. The third-order valence-corrected chi connectivity index (χ3v) is 5.92. The lowest BCUT2D eigenvalue weighted by atomic mass is 10.6. The minimum atomic E-state index is -1.40. The lowest BCUT2D eigenvalue weighted by molar-refractivity contribution is -0.112. The van der Waals surface area contributed by atoms with Gasteiger partial charge in [-0.1, -0.05) is 6.92 Å². The van der Waals surface area contributed by atoms with E-state index in [0.29, 0.717) is 11.8 Å². The van der Waals surface area contributed by atoms with Crippen molar-refractivity contribution < 1.29 is 8.91 Å². The Balaban J connectivity index is 3.46. The highest BCUT2D eigenvalue weighted by atomic mass is 28.4. The second kappa shape index (κ2) is 4.05. The van der Waals surface area contributed by atoms with Crippen LogP contribution in [0.4, 0.5) is 0 Å². The summed E-state index contributed by atoms with van der Waals surface area (Å²) in [5.74, 6) is 0. The molecule has 0 radical (unpaired) electrons. The Kier molecular flexibility index (Phi) is 4.08. The molecule has 0 unspecified atom stereocenters. The van der Waals surface area contributed by atoms with E-state index in [2.05, 4.69) is 19.6 Å². The molecule has 0 heterocycles. The van der Waals surface area contributed by atoms with Gasteiger partial charge in [-0.25, -0.2) is 0 Å². The number of carbonyl (C=O) groups is 1. The zero-order valence-electron chi connectivity index (χ0n) is 7.23. The highest BCUT2D eigenvalue weighted by Gasteiger charge is 2.14. The van der Waals surface area contributed by atoms with Crippen LogP contribution in [0.15, 0.2) is 0 Å². The largest absolute Gasteiger partial charge is 0.455 e. The molecule has 0 aliphatic carbocycles. The molecular formula is C6H16O2Si2. The first-order valence-corrected chi connectivity index (χ1v) is 8.30. The van der Waals surface area contributed by atoms with Gasteiger partial charge in [-0.3, -0.25) is 0 Å². The summed E-state index contributed by atoms with van der Waals surface area (Å²) in [6.07, 6.45) is 0.650. The van der Waals surface area contributed by atoms with Gasteiger partial charge in [0, 0.05) is 6.42 Å². The van der Waals surface area contributed by atoms with E-state index in [1.807, 2.05) is 6.92 Å². The van der Waals surface area contributed by atoms with Crippen LogP contribution in [0.3, 0.4) is 0 Å². The van der Waals surface area contributed by atoms with Crippen molar-refractivity contribution in [3.05, 3.63) is 0 Å². The molecule has 0 saturated heterocycles. The average Bonchev–Trinajstić information content (AvgIpc) is 1.81. The second-order valence-corrected chi connectivity index (χ2v) is 9.75. The zero-order chi connectivity index (χ0) is 8.20. The fraction of sp³-hybridized carbons (Fsp3) is 0.833. The van der Waals surface area contributed by atoms with E-state index in [1.54, 1.807) is 0 Å². The molecule has 60 valence electrons. The van der Waals surface area contributed by atoms with Gasteiger partial charge in [-0.2, -0.15) is 0 Å². The summed E-state index contributed by atoms with van der Waals surface area (Å²) in [5.41, 5.74) is 0. The van der Waals surface area contributed by atoms with Crippen molar-refractivity contribution in [2.24, 2.45) is 0 Å². The predicted octanol–water partition coefficient (Wildman–Crippen LogP) is 0.858. The SMILES string of the molecule is CCC(=O)[SiH2]O[Si](C)(C)C. The van der Waals surface area contributed by atoms with Crippen molar-refractivity contribution in [3.63, 3.8) is 0 Å². The highest BCUT2D eigenvalue weighted by molar-refractivity contribution is 6.81. The van der Waals surface area contributed by atoms with Crippen LogP contribution in [0.5, 0.6) is 0 Å². The molecule has 0 aliphatic heterocycles. The van der Waals surface area contributed by atoms with E-state index in [4.69, 9.17) is 4.12 Å². The van der Waals surface area contributed by atoms with Crippen molar-refractivity contribution in [2.45, 2.75) is 33.0 Å². The Morgan fingerprint density at radius 3 is 2.30 bits per heavy atom. The van der Waals surface area contributed by atoms with Crippen LogP contribution in [0.2, 0.25) is 19.6 Å². The minimum absolute atomic E-state index is 0.336. The van der Waals surface area contributed by atoms with E-state index in [9.17, 15) is 4.79 Å². The van der Waals surface area contributed by atoms with Crippen molar-refractivity contribution in [1.29, 1.82) is 0 Å². The van der Waals surface area contributed by atoms with Crippen LogP contribution in [0.1, 0.15) is 13.3 Å². The van der Waals surface area contributed by atoms with Crippen LogP contribution < -0.4 is 0 Å². The van der Waals surface area contributed by atoms with Gasteiger partial charge in [0.25, 0.3) is 0 Å². The summed E-state index contributed by atoms with van der Waals surface area (Å²) >= 11 is 0. The Hall–Kier alpha value is 0.0638. The molecule has 0 aliphatic rings. The number of hydrogen-bond acceptors (Lipinski definition) is 2. The maximum atomic E-state index is 10.8. The van der Waals surface area contributed by atoms with Crippen molar-refractivity contribution in [1.82, 2.24) is 0 Å². The molecule has 0 rings (SSSR count). The van der Waals surface area contributed by atoms with Crippen molar-refractivity contribution in [3.8, 4) is 0 Å². The third kappa shape index (κ3) is 6.19. The van der Waals surface area contributed by atoms with Gasteiger partial charge in [0.15, 0.2) is 8.32 Å². The lowest BCUT2D eigenvalue weighted by Gasteiger charge is -2.16. The number of rotatable bonds is 4. The highest BCUT2D eigenvalue weighted by Crippen LogP contribution is 2.00. The first-order chi connectivity index (χ1) is 4.45. The number of carbonyl (C=O) groups excluding carboxylic acids is 1. The first kappa shape index (κ1) is 10.1. The van der Waals surface area contributed by atoms with Gasteiger partial charge in [-0.15, -0.1) is 0 Å². The molecule has 0 aromatic heterocycles.